The number of carbonyl (C=O) groups excluding carboxylic acids is 1. The topological polar surface area (TPSA) is 136 Å². The van der Waals surface area contributed by atoms with Crippen LogP contribution in [0.25, 0.3) is 0 Å². The molecule has 30 heavy (non-hydrogen) atoms. The van der Waals surface area contributed by atoms with Crippen LogP contribution in [-0.4, -0.2) is 37.8 Å². The van der Waals surface area contributed by atoms with Gasteiger partial charge in [0, 0.05) is 18.0 Å². The van der Waals surface area contributed by atoms with E-state index in [1.807, 2.05) is 25.3 Å². The molecule has 0 bridgehead atoms. The Balaban J connectivity index is 1.61. The molecule has 3 aromatic heterocycles. The standard InChI is InChI=1S/C18H22N6O3S3/c1-10(2)8-24-14(19)13(15(26)21-17(24)27)12(25)9-29-18-23-22-16(30-18)20-6-5-11-4-3-7-28-11/h3-4,7,10H,5-6,8-9,19H2,1-2H3,(H,20,22)(H,21,26,27). The predicted molar refractivity (Wildman–Crippen MR) is 122 cm³/mol. The van der Waals surface area contributed by atoms with Crippen LogP contribution in [-0.2, 0) is 13.0 Å². The highest BCUT2D eigenvalue weighted by atomic mass is 32.2. The average molecular weight is 467 g/mol. The first-order valence-corrected chi connectivity index (χ1v) is 11.9. The second kappa shape index (κ2) is 10.0. The van der Waals surface area contributed by atoms with E-state index in [9.17, 15) is 14.4 Å². The van der Waals surface area contributed by atoms with E-state index in [0.29, 0.717) is 16.0 Å². The monoisotopic (exact) mass is 466 g/mol. The minimum Gasteiger partial charge on any atom is -0.384 e. The second-order valence-corrected chi connectivity index (χ2v) is 10.1. The van der Waals surface area contributed by atoms with Gasteiger partial charge < -0.3 is 11.1 Å². The summed E-state index contributed by atoms with van der Waals surface area (Å²) in [5.74, 6) is -0.466. The van der Waals surface area contributed by atoms with Gasteiger partial charge in [-0.1, -0.05) is 43.0 Å². The molecule has 0 aliphatic heterocycles. The van der Waals surface area contributed by atoms with Gasteiger partial charge in [-0.3, -0.25) is 19.1 Å². The van der Waals surface area contributed by atoms with Crippen molar-refractivity contribution in [3.63, 3.8) is 0 Å². The first-order chi connectivity index (χ1) is 14.3. The molecule has 0 aromatic carbocycles. The van der Waals surface area contributed by atoms with Crippen molar-refractivity contribution in [1.82, 2.24) is 19.7 Å². The summed E-state index contributed by atoms with van der Waals surface area (Å²) >= 11 is 4.22. The fourth-order valence-corrected chi connectivity index (χ4v) is 5.05. The zero-order valence-corrected chi connectivity index (χ0v) is 19.0. The summed E-state index contributed by atoms with van der Waals surface area (Å²) in [6, 6.07) is 4.10. The Hall–Kier alpha value is -2.44. The third-order valence-electron chi connectivity index (χ3n) is 4.03. The van der Waals surface area contributed by atoms with Crippen molar-refractivity contribution < 1.29 is 4.79 Å². The number of nitrogen functional groups attached to an aromatic ring is 1. The van der Waals surface area contributed by atoms with Crippen LogP contribution in [0.15, 0.2) is 31.4 Å². The predicted octanol–water partition coefficient (Wildman–Crippen LogP) is 2.32. The maximum Gasteiger partial charge on any atom is 0.329 e. The summed E-state index contributed by atoms with van der Waals surface area (Å²) in [5.41, 5.74) is 4.41. The van der Waals surface area contributed by atoms with Crippen LogP contribution in [0, 0.1) is 5.92 Å². The molecule has 4 N–H and O–H groups in total. The van der Waals surface area contributed by atoms with Crippen LogP contribution in [0.2, 0.25) is 0 Å². The molecule has 3 aromatic rings. The molecule has 0 radical (unpaired) electrons. The molecule has 0 aliphatic rings. The molecule has 9 nitrogen and oxygen atoms in total. The summed E-state index contributed by atoms with van der Waals surface area (Å²) in [6.45, 7) is 4.87. The van der Waals surface area contributed by atoms with E-state index in [1.54, 1.807) is 11.3 Å². The molecule has 0 spiro atoms. The molecule has 0 amide bonds. The SMILES string of the molecule is CC(C)Cn1c(N)c(C(=O)CSc2nnc(NCCc3cccs3)s2)c(=O)[nH]c1=O. The minimum absolute atomic E-state index is 0.0308. The van der Waals surface area contributed by atoms with Crippen molar-refractivity contribution in [3.05, 3.63) is 48.8 Å². The van der Waals surface area contributed by atoms with Crippen molar-refractivity contribution in [2.45, 2.75) is 31.2 Å². The van der Waals surface area contributed by atoms with Gasteiger partial charge in [0.2, 0.25) is 5.13 Å². The van der Waals surface area contributed by atoms with Crippen molar-refractivity contribution in [2.24, 2.45) is 5.92 Å². The van der Waals surface area contributed by atoms with E-state index in [1.165, 1.54) is 32.5 Å². The van der Waals surface area contributed by atoms with Crippen molar-refractivity contribution in [3.8, 4) is 0 Å². The lowest BCUT2D eigenvalue weighted by molar-refractivity contribution is 0.102. The molecule has 0 saturated heterocycles. The summed E-state index contributed by atoms with van der Waals surface area (Å²) in [5, 5.41) is 14.1. The van der Waals surface area contributed by atoms with E-state index in [-0.39, 0.29) is 23.1 Å². The summed E-state index contributed by atoms with van der Waals surface area (Å²) < 4.78 is 1.83. The lowest BCUT2D eigenvalue weighted by Crippen LogP contribution is -2.37. The van der Waals surface area contributed by atoms with E-state index in [4.69, 9.17) is 5.73 Å². The Labute approximate surface area is 184 Å². The van der Waals surface area contributed by atoms with Gasteiger partial charge in [-0.05, 0) is 23.8 Å². The third kappa shape index (κ3) is 5.58. The minimum atomic E-state index is -0.767. The summed E-state index contributed by atoms with van der Waals surface area (Å²) in [4.78, 5) is 40.3. The number of hydrogen-bond acceptors (Lipinski definition) is 10. The lowest BCUT2D eigenvalue weighted by atomic mass is 10.2. The zero-order chi connectivity index (χ0) is 21.7. The first-order valence-electron chi connectivity index (χ1n) is 9.23. The molecule has 0 aliphatic carbocycles. The highest BCUT2D eigenvalue weighted by molar-refractivity contribution is 8.01. The molecule has 160 valence electrons. The van der Waals surface area contributed by atoms with E-state index in [0.717, 1.165) is 13.0 Å². The smallest absolute Gasteiger partial charge is 0.329 e. The second-order valence-electron chi connectivity index (χ2n) is 6.87. The molecule has 0 saturated carbocycles. The van der Waals surface area contributed by atoms with Crippen LogP contribution in [0.3, 0.4) is 0 Å². The number of thioether (sulfide) groups is 1. The van der Waals surface area contributed by atoms with Gasteiger partial charge in [0.1, 0.15) is 11.4 Å². The Kier molecular flexibility index (Phi) is 7.45. The van der Waals surface area contributed by atoms with Crippen molar-refractivity contribution in [1.29, 1.82) is 0 Å². The number of anilines is 2. The molecular formula is C18H22N6O3S3. The van der Waals surface area contributed by atoms with E-state index >= 15 is 0 Å². The fraction of sp³-hybridized carbons (Fsp3) is 0.389. The quantitative estimate of drug-likeness (QED) is 0.306. The normalized spacial score (nSPS) is 11.2. The number of carbonyl (C=O) groups is 1. The van der Waals surface area contributed by atoms with Crippen LogP contribution >= 0.6 is 34.4 Å². The number of nitrogens with zero attached hydrogens (tertiary/aromatic N) is 3. The number of Topliss-reactive ketones (excluding diaryl/α,β-unsaturated/α-hetero) is 1. The fourth-order valence-electron chi connectivity index (χ4n) is 2.69. The molecule has 0 atom stereocenters. The van der Waals surface area contributed by atoms with E-state index < -0.39 is 17.0 Å². The largest absolute Gasteiger partial charge is 0.384 e. The van der Waals surface area contributed by atoms with Gasteiger partial charge in [-0.25, -0.2) is 4.79 Å². The number of hydrogen-bond donors (Lipinski definition) is 3. The maximum atomic E-state index is 12.6. The third-order valence-corrected chi connectivity index (χ3v) is 6.98. The first kappa shape index (κ1) is 22.2. The van der Waals surface area contributed by atoms with Gasteiger partial charge in [0.25, 0.3) is 5.56 Å². The van der Waals surface area contributed by atoms with Crippen molar-refractivity contribution >= 4 is 51.2 Å². The lowest BCUT2D eigenvalue weighted by Gasteiger charge is -2.13. The van der Waals surface area contributed by atoms with Gasteiger partial charge >= 0.3 is 5.69 Å². The van der Waals surface area contributed by atoms with Crippen LogP contribution in [0.4, 0.5) is 10.9 Å². The average Bonchev–Trinajstić information content (AvgIpc) is 3.35. The maximum absolute atomic E-state index is 12.6. The van der Waals surface area contributed by atoms with Gasteiger partial charge in [-0.15, -0.1) is 21.5 Å². The number of H-pyrrole nitrogens is 1. The number of aromatic nitrogens is 4. The Bertz CT molecular complexity index is 1120. The van der Waals surface area contributed by atoms with Crippen LogP contribution in [0.5, 0.6) is 0 Å². The number of nitrogens with one attached hydrogen (secondary N) is 2. The summed E-state index contributed by atoms with van der Waals surface area (Å²) in [6.07, 6.45) is 0.895. The summed E-state index contributed by atoms with van der Waals surface area (Å²) in [7, 11) is 0. The highest BCUT2D eigenvalue weighted by Gasteiger charge is 2.20. The number of rotatable bonds is 10. The molecule has 0 unspecified atom stereocenters. The van der Waals surface area contributed by atoms with Crippen LogP contribution < -0.4 is 22.3 Å². The van der Waals surface area contributed by atoms with Gasteiger partial charge in [0.05, 0.1) is 5.75 Å². The number of thiophene rings is 1. The molecular weight excluding hydrogens is 444 g/mol. The molecule has 12 heteroatoms. The number of nitrogens with two attached hydrogens (primary N) is 1. The zero-order valence-electron chi connectivity index (χ0n) is 16.5. The van der Waals surface area contributed by atoms with Crippen molar-refractivity contribution in [2.75, 3.05) is 23.3 Å². The Morgan fingerprint density at radius 1 is 1.37 bits per heavy atom. The molecule has 0 fully saturated rings. The Morgan fingerprint density at radius 2 is 2.17 bits per heavy atom. The van der Waals surface area contributed by atoms with Gasteiger partial charge in [0.15, 0.2) is 10.1 Å². The molecule has 3 rings (SSSR count). The Morgan fingerprint density at radius 3 is 2.87 bits per heavy atom. The van der Waals surface area contributed by atoms with Gasteiger partial charge in [-0.2, -0.15) is 0 Å². The number of aromatic amines is 1. The van der Waals surface area contributed by atoms with E-state index in [2.05, 4.69) is 26.6 Å². The van der Waals surface area contributed by atoms with Crippen LogP contribution in [0.1, 0.15) is 29.1 Å². The highest BCUT2D eigenvalue weighted by Crippen LogP contribution is 2.26. The molecule has 3 heterocycles. The number of ketones is 1.